The molecule has 0 aliphatic carbocycles. The molecule has 2 aromatic rings. The molecule has 2 aromatic carbocycles. The first-order valence-electron chi connectivity index (χ1n) is 7.26. The van der Waals surface area contributed by atoms with Crippen LogP contribution in [0.5, 0.6) is 11.5 Å². The lowest BCUT2D eigenvalue weighted by Crippen LogP contribution is -2.10. The smallest absolute Gasteiger partial charge is 0.159 e. The minimum atomic E-state index is 0.497. The summed E-state index contributed by atoms with van der Waals surface area (Å²) in [5, 5.41) is 1.10. The maximum atomic E-state index is 6.02. The van der Waals surface area contributed by atoms with Crippen LogP contribution in [0.3, 0.4) is 0 Å². The number of hydrogen-bond acceptors (Lipinski definition) is 4. The first-order valence-corrected chi connectivity index (χ1v) is 8.62. The number of amidine groups is 1. The second kappa shape index (κ2) is 9.33. The van der Waals surface area contributed by atoms with Crippen LogP contribution in [0.4, 0.5) is 5.69 Å². The Kier molecular flexibility index (Phi) is 7.10. The summed E-state index contributed by atoms with van der Waals surface area (Å²) < 4.78 is 11.0. The lowest BCUT2D eigenvalue weighted by molar-refractivity contribution is 0.340. The normalized spacial score (nSPS) is 11.3. The van der Waals surface area contributed by atoms with Crippen molar-refractivity contribution in [2.45, 2.75) is 6.92 Å². The van der Waals surface area contributed by atoms with Crippen LogP contribution in [0, 0.1) is 0 Å². The Morgan fingerprint density at radius 3 is 2.57 bits per heavy atom. The molecule has 0 atom stereocenters. The number of rotatable bonds is 7. The van der Waals surface area contributed by atoms with Gasteiger partial charge in [-0.2, -0.15) is 0 Å². The Labute approximate surface area is 145 Å². The van der Waals surface area contributed by atoms with Gasteiger partial charge in [0.2, 0.25) is 0 Å². The van der Waals surface area contributed by atoms with Gasteiger partial charge in [0.15, 0.2) is 5.17 Å². The number of benzene rings is 2. The van der Waals surface area contributed by atoms with Gasteiger partial charge < -0.3 is 15.2 Å². The highest BCUT2D eigenvalue weighted by molar-refractivity contribution is 8.13. The summed E-state index contributed by atoms with van der Waals surface area (Å²) in [5.41, 5.74) is 6.71. The lowest BCUT2D eigenvalue weighted by atomic mass is 10.3. The molecule has 0 aliphatic heterocycles. The molecule has 4 nitrogen and oxygen atoms in total. The Morgan fingerprint density at radius 2 is 1.87 bits per heavy atom. The molecule has 0 saturated carbocycles. The van der Waals surface area contributed by atoms with Gasteiger partial charge in [0.25, 0.3) is 0 Å². The minimum absolute atomic E-state index is 0.497. The van der Waals surface area contributed by atoms with Gasteiger partial charge in [-0.25, -0.2) is 4.99 Å². The third-order valence-electron chi connectivity index (χ3n) is 2.81. The van der Waals surface area contributed by atoms with Crippen molar-refractivity contribution in [3.8, 4) is 11.5 Å². The van der Waals surface area contributed by atoms with Gasteiger partial charge in [-0.05, 0) is 43.3 Å². The molecular weight excluding hydrogens is 332 g/mol. The van der Waals surface area contributed by atoms with Crippen molar-refractivity contribution in [2.75, 3.05) is 19.0 Å². The highest BCUT2D eigenvalue weighted by Crippen LogP contribution is 2.23. The molecule has 0 spiro atoms. The number of nitrogens with zero attached hydrogens (tertiary/aromatic N) is 1. The van der Waals surface area contributed by atoms with Crippen molar-refractivity contribution in [3.05, 3.63) is 53.6 Å². The van der Waals surface area contributed by atoms with Gasteiger partial charge in [-0.15, -0.1) is 0 Å². The van der Waals surface area contributed by atoms with Gasteiger partial charge in [-0.1, -0.05) is 35.5 Å². The molecule has 122 valence electrons. The van der Waals surface area contributed by atoms with Crippen molar-refractivity contribution in [1.29, 1.82) is 0 Å². The monoisotopic (exact) mass is 350 g/mol. The molecule has 23 heavy (non-hydrogen) atoms. The molecule has 0 heterocycles. The number of para-hydroxylation sites is 1. The quantitative estimate of drug-likeness (QED) is 0.454. The molecule has 0 unspecified atom stereocenters. The van der Waals surface area contributed by atoms with Crippen LogP contribution in [0.25, 0.3) is 0 Å². The second-order valence-electron chi connectivity index (χ2n) is 4.50. The van der Waals surface area contributed by atoms with Crippen LogP contribution in [0.1, 0.15) is 6.92 Å². The van der Waals surface area contributed by atoms with E-state index in [1.54, 1.807) is 6.07 Å². The van der Waals surface area contributed by atoms with E-state index in [0.29, 0.717) is 34.9 Å². The van der Waals surface area contributed by atoms with Crippen LogP contribution in [0.15, 0.2) is 53.5 Å². The van der Waals surface area contributed by atoms with Gasteiger partial charge in [0, 0.05) is 5.75 Å². The molecule has 0 fully saturated rings. The predicted molar refractivity (Wildman–Crippen MR) is 98.3 cm³/mol. The zero-order valence-electron chi connectivity index (χ0n) is 12.9. The fourth-order valence-corrected chi connectivity index (χ4v) is 2.54. The van der Waals surface area contributed by atoms with Crippen LogP contribution in [-0.2, 0) is 0 Å². The first-order chi connectivity index (χ1) is 11.2. The van der Waals surface area contributed by atoms with Crippen molar-refractivity contribution >= 4 is 34.2 Å². The molecule has 0 aliphatic rings. The van der Waals surface area contributed by atoms with E-state index in [2.05, 4.69) is 4.99 Å². The average Bonchev–Trinajstić information content (AvgIpc) is 2.55. The van der Waals surface area contributed by atoms with Crippen molar-refractivity contribution in [2.24, 2.45) is 10.7 Å². The Hall–Kier alpha value is -1.85. The molecule has 6 heteroatoms. The zero-order chi connectivity index (χ0) is 16.5. The number of halogens is 1. The number of ether oxygens (including phenoxy) is 2. The van der Waals surface area contributed by atoms with Crippen LogP contribution >= 0.6 is 23.4 Å². The summed E-state index contributed by atoms with van der Waals surface area (Å²) in [6.07, 6.45) is 0. The summed E-state index contributed by atoms with van der Waals surface area (Å²) in [4.78, 5) is 4.34. The summed E-state index contributed by atoms with van der Waals surface area (Å²) in [6.45, 7) is 3.10. The summed E-state index contributed by atoms with van der Waals surface area (Å²) >= 11 is 7.46. The van der Waals surface area contributed by atoms with Crippen LogP contribution in [-0.4, -0.2) is 24.1 Å². The largest absolute Gasteiger partial charge is 0.494 e. The van der Waals surface area contributed by atoms with Crippen LogP contribution in [0.2, 0.25) is 5.02 Å². The van der Waals surface area contributed by atoms with Gasteiger partial charge in [0.1, 0.15) is 11.5 Å². The lowest BCUT2D eigenvalue weighted by Gasteiger charge is -2.07. The SMILES string of the molecule is CCOc1ccc(N=C(N)SCCOc2ccccc2Cl)cc1. The molecule has 2 rings (SSSR count). The Morgan fingerprint density at radius 1 is 1.13 bits per heavy atom. The molecular formula is C17H19ClN2O2S. The van der Waals surface area contributed by atoms with E-state index >= 15 is 0 Å². The highest BCUT2D eigenvalue weighted by atomic mass is 35.5. The van der Waals surface area contributed by atoms with E-state index < -0.39 is 0 Å². The van der Waals surface area contributed by atoms with Gasteiger partial charge in [0.05, 0.1) is 23.9 Å². The minimum Gasteiger partial charge on any atom is -0.494 e. The fourth-order valence-electron chi connectivity index (χ4n) is 1.80. The van der Waals surface area contributed by atoms with Gasteiger partial charge in [-0.3, -0.25) is 0 Å². The first kappa shape index (κ1) is 17.5. The maximum absolute atomic E-state index is 6.02. The van der Waals surface area contributed by atoms with E-state index in [1.165, 1.54) is 11.8 Å². The number of nitrogens with two attached hydrogens (primary N) is 1. The zero-order valence-corrected chi connectivity index (χ0v) is 14.4. The summed E-state index contributed by atoms with van der Waals surface area (Å²) in [5.74, 6) is 2.19. The Balaban J connectivity index is 1.77. The predicted octanol–water partition coefficient (Wildman–Crippen LogP) is 4.50. The van der Waals surface area contributed by atoms with Crippen molar-refractivity contribution < 1.29 is 9.47 Å². The van der Waals surface area contributed by atoms with E-state index in [0.717, 1.165) is 11.4 Å². The molecule has 0 saturated heterocycles. The standard InChI is InChI=1S/C17H19ClN2O2S/c1-2-21-14-9-7-13(8-10-14)20-17(19)23-12-11-22-16-6-4-3-5-15(16)18/h3-10H,2,11-12H2,1H3,(H2,19,20). The van der Waals surface area contributed by atoms with E-state index in [1.807, 2.05) is 49.4 Å². The third-order valence-corrected chi connectivity index (χ3v) is 3.88. The third kappa shape index (κ3) is 6.04. The summed E-state index contributed by atoms with van der Waals surface area (Å²) in [7, 11) is 0. The van der Waals surface area contributed by atoms with E-state index in [4.69, 9.17) is 26.8 Å². The number of aliphatic imine (C=N–C) groups is 1. The summed E-state index contributed by atoms with van der Waals surface area (Å²) in [6, 6.07) is 14.9. The molecule has 0 amide bonds. The fraction of sp³-hybridized carbons (Fsp3) is 0.235. The molecule has 0 radical (unpaired) electrons. The van der Waals surface area contributed by atoms with E-state index in [9.17, 15) is 0 Å². The Bertz CT molecular complexity index is 647. The number of thioether (sulfide) groups is 1. The maximum Gasteiger partial charge on any atom is 0.159 e. The molecule has 2 N–H and O–H groups in total. The topological polar surface area (TPSA) is 56.8 Å². The van der Waals surface area contributed by atoms with E-state index in [-0.39, 0.29) is 0 Å². The second-order valence-corrected chi connectivity index (χ2v) is 6.03. The number of hydrogen-bond donors (Lipinski definition) is 1. The van der Waals surface area contributed by atoms with Crippen molar-refractivity contribution in [1.82, 2.24) is 0 Å². The highest BCUT2D eigenvalue weighted by Gasteiger charge is 2.01. The van der Waals surface area contributed by atoms with Gasteiger partial charge >= 0.3 is 0 Å². The van der Waals surface area contributed by atoms with Crippen molar-refractivity contribution in [3.63, 3.8) is 0 Å². The van der Waals surface area contributed by atoms with Crippen LogP contribution < -0.4 is 15.2 Å². The average molecular weight is 351 g/mol. The molecule has 0 aromatic heterocycles. The molecule has 0 bridgehead atoms.